The Morgan fingerprint density at radius 1 is 1.39 bits per heavy atom. The third-order valence-corrected chi connectivity index (χ3v) is 3.25. The highest BCUT2D eigenvalue weighted by molar-refractivity contribution is 9.10. The lowest BCUT2D eigenvalue weighted by molar-refractivity contribution is 0.187. The second-order valence-electron chi connectivity index (χ2n) is 3.97. The molecule has 0 atom stereocenters. The molecule has 0 saturated carbocycles. The highest BCUT2D eigenvalue weighted by Crippen LogP contribution is 2.21. The van der Waals surface area contributed by atoms with Crippen LogP contribution in [0.1, 0.15) is 19.8 Å². The highest BCUT2D eigenvalue weighted by atomic mass is 79.9. The fraction of sp³-hybridized carbons (Fsp3) is 0.462. The van der Waals surface area contributed by atoms with E-state index in [-0.39, 0.29) is 12.6 Å². The van der Waals surface area contributed by atoms with Crippen LogP contribution in [0.5, 0.6) is 0 Å². The van der Waals surface area contributed by atoms with Crippen molar-refractivity contribution in [1.29, 1.82) is 0 Å². The number of halogens is 1. The maximum Gasteiger partial charge on any atom is 0.321 e. The summed E-state index contributed by atoms with van der Waals surface area (Å²) < 4.78 is 0.845. The molecular weight excluding hydrogens is 296 g/mol. The fourth-order valence-corrected chi connectivity index (χ4v) is 1.93. The standard InChI is InChI=1S/C13H19BrN2O2/c1-2-3-8-16(9-10-17)13(18)15-12-7-5-4-6-11(12)14/h4-7,17H,2-3,8-10H2,1H3,(H,15,18). The number of benzene rings is 1. The summed E-state index contributed by atoms with van der Waals surface area (Å²) in [6.45, 7) is 3.07. The van der Waals surface area contributed by atoms with E-state index in [1.807, 2.05) is 24.3 Å². The molecule has 0 radical (unpaired) electrons. The van der Waals surface area contributed by atoms with Crippen LogP contribution in [0.2, 0.25) is 0 Å². The minimum atomic E-state index is -0.176. The zero-order chi connectivity index (χ0) is 13.4. The van der Waals surface area contributed by atoms with Gasteiger partial charge >= 0.3 is 6.03 Å². The molecule has 1 aromatic carbocycles. The van der Waals surface area contributed by atoms with E-state index >= 15 is 0 Å². The molecule has 0 fully saturated rings. The predicted molar refractivity (Wildman–Crippen MR) is 76.7 cm³/mol. The Labute approximate surface area is 116 Å². The molecule has 0 spiro atoms. The molecule has 0 aromatic heterocycles. The fourth-order valence-electron chi connectivity index (χ4n) is 1.54. The molecule has 100 valence electrons. The van der Waals surface area contributed by atoms with E-state index in [2.05, 4.69) is 28.2 Å². The number of unbranched alkanes of at least 4 members (excludes halogenated alkanes) is 1. The number of urea groups is 1. The summed E-state index contributed by atoms with van der Waals surface area (Å²) in [5.74, 6) is 0. The zero-order valence-corrected chi connectivity index (χ0v) is 12.1. The number of carbonyl (C=O) groups is 1. The second kappa shape index (κ2) is 8.11. The molecule has 0 aliphatic carbocycles. The number of anilines is 1. The third-order valence-electron chi connectivity index (χ3n) is 2.55. The van der Waals surface area contributed by atoms with Gasteiger partial charge in [0.1, 0.15) is 0 Å². The van der Waals surface area contributed by atoms with Crippen molar-refractivity contribution in [2.45, 2.75) is 19.8 Å². The number of amides is 2. The van der Waals surface area contributed by atoms with Crippen LogP contribution in [-0.4, -0.2) is 35.7 Å². The first-order valence-corrected chi connectivity index (χ1v) is 6.89. The SMILES string of the molecule is CCCCN(CCO)C(=O)Nc1ccccc1Br. The zero-order valence-electron chi connectivity index (χ0n) is 10.5. The summed E-state index contributed by atoms with van der Waals surface area (Å²) in [5.41, 5.74) is 0.738. The molecule has 2 amide bonds. The van der Waals surface area contributed by atoms with Gasteiger partial charge in [-0.05, 0) is 34.5 Å². The Balaban J connectivity index is 2.63. The molecule has 0 heterocycles. The number of nitrogens with zero attached hydrogens (tertiary/aromatic N) is 1. The average molecular weight is 315 g/mol. The molecule has 0 saturated heterocycles. The van der Waals surface area contributed by atoms with Crippen molar-refractivity contribution in [1.82, 2.24) is 4.90 Å². The van der Waals surface area contributed by atoms with Gasteiger partial charge in [-0.1, -0.05) is 25.5 Å². The van der Waals surface area contributed by atoms with Gasteiger partial charge in [-0.25, -0.2) is 4.79 Å². The molecule has 4 nitrogen and oxygen atoms in total. The van der Waals surface area contributed by atoms with Gasteiger partial charge in [-0.15, -0.1) is 0 Å². The normalized spacial score (nSPS) is 10.2. The van der Waals surface area contributed by atoms with Crippen LogP contribution < -0.4 is 5.32 Å². The molecule has 0 unspecified atom stereocenters. The molecule has 18 heavy (non-hydrogen) atoms. The van der Waals surface area contributed by atoms with Crippen molar-refractivity contribution in [3.63, 3.8) is 0 Å². The number of nitrogens with one attached hydrogen (secondary N) is 1. The van der Waals surface area contributed by atoms with Gasteiger partial charge in [-0.3, -0.25) is 0 Å². The van der Waals surface area contributed by atoms with Crippen molar-refractivity contribution in [3.05, 3.63) is 28.7 Å². The Bertz CT molecular complexity index is 385. The van der Waals surface area contributed by atoms with E-state index in [0.717, 1.165) is 23.0 Å². The number of hydrogen-bond acceptors (Lipinski definition) is 2. The van der Waals surface area contributed by atoms with Gasteiger partial charge < -0.3 is 15.3 Å². The second-order valence-corrected chi connectivity index (χ2v) is 4.83. The molecule has 1 rings (SSSR count). The first kappa shape index (κ1) is 15.0. The summed E-state index contributed by atoms with van der Waals surface area (Å²) in [4.78, 5) is 13.7. The van der Waals surface area contributed by atoms with Crippen molar-refractivity contribution >= 4 is 27.6 Å². The number of aliphatic hydroxyl groups excluding tert-OH is 1. The Morgan fingerprint density at radius 2 is 2.11 bits per heavy atom. The van der Waals surface area contributed by atoms with E-state index in [1.54, 1.807) is 4.90 Å². The van der Waals surface area contributed by atoms with Gasteiger partial charge in [0.15, 0.2) is 0 Å². The number of rotatable bonds is 6. The number of hydrogen-bond donors (Lipinski definition) is 2. The maximum absolute atomic E-state index is 12.0. The van der Waals surface area contributed by atoms with E-state index < -0.39 is 0 Å². The van der Waals surface area contributed by atoms with E-state index in [1.165, 1.54) is 0 Å². The highest BCUT2D eigenvalue weighted by Gasteiger charge is 2.13. The molecular formula is C13H19BrN2O2. The Morgan fingerprint density at radius 3 is 2.72 bits per heavy atom. The van der Waals surface area contributed by atoms with E-state index in [9.17, 15) is 4.79 Å². The lowest BCUT2D eigenvalue weighted by Crippen LogP contribution is -2.37. The number of carbonyl (C=O) groups excluding carboxylic acids is 1. The van der Waals surface area contributed by atoms with E-state index in [4.69, 9.17) is 5.11 Å². The van der Waals surface area contributed by atoms with Crippen molar-refractivity contribution in [3.8, 4) is 0 Å². The van der Waals surface area contributed by atoms with Crippen molar-refractivity contribution in [2.75, 3.05) is 25.0 Å². The van der Waals surface area contributed by atoms with Gasteiger partial charge in [0.05, 0.1) is 12.3 Å². The lowest BCUT2D eigenvalue weighted by Gasteiger charge is -2.22. The quantitative estimate of drug-likeness (QED) is 0.847. The summed E-state index contributed by atoms with van der Waals surface area (Å²) in [5, 5.41) is 11.8. The lowest BCUT2D eigenvalue weighted by atomic mass is 10.3. The van der Waals surface area contributed by atoms with Crippen molar-refractivity contribution in [2.24, 2.45) is 0 Å². The monoisotopic (exact) mass is 314 g/mol. The van der Waals surface area contributed by atoms with Crippen molar-refractivity contribution < 1.29 is 9.90 Å². The minimum absolute atomic E-state index is 0.0207. The van der Waals surface area contributed by atoms with Crippen LogP contribution in [0.15, 0.2) is 28.7 Å². The van der Waals surface area contributed by atoms with Gasteiger partial charge in [0, 0.05) is 17.6 Å². The van der Waals surface area contributed by atoms with Gasteiger partial charge in [0.2, 0.25) is 0 Å². The summed E-state index contributed by atoms with van der Waals surface area (Å²) >= 11 is 3.38. The number of para-hydroxylation sites is 1. The molecule has 5 heteroatoms. The van der Waals surface area contributed by atoms with Crippen LogP contribution in [0.4, 0.5) is 10.5 Å². The first-order valence-electron chi connectivity index (χ1n) is 6.10. The first-order chi connectivity index (χ1) is 8.69. The average Bonchev–Trinajstić information content (AvgIpc) is 2.37. The minimum Gasteiger partial charge on any atom is -0.395 e. The topological polar surface area (TPSA) is 52.6 Å². The largest absolute Gasteiger partial charge is 0.395 e. The van der Waals surface area contributed by atoms with Gasteiger partial charge in [-0.2, -0.15) is 0 Å². The van der Waals surface area contributed by atoms with Gasteiger partial charge in [0.25, 0.3) is 0 Å². The van der Waals surface area contributed by atoms with Crippen LogP contribution >= 0.6 is 15.9 Å². The number of aliphatic hydroxyl groups is 1. The molecule has 1 aromatic rings. The molecule has 2 N–H and O–H groups in total. The Kier molecular flexibility index (Phi) is 6.75. The molecule has 0 bridgehead atoms. The summed E-state index contributed by atoms with van der Waals surface area (Å²) in [7, 11) is 0. The van der Waals surface area contributed by atoms with Crippen LogP contribution in [-0.2, 0) is 0 Å². The summed E-state index contributed by atoms with van der Waals surface area (Å²) in [6.07, 6.45) is 1.95. The molecule has 0 aliphatic rings. The smallest absolute Gasteiger partial charge is 0.321 e. The van der Waals surface area contributed by atoms with Crippen LogP contribution in [0.25, 0.3) is 0 Å². The van der Waals surface area contributed by atoms with Crippen LogP contribution in [0, 0.1) is 0 Å². The van der Waals surface area contributed by atoms with Crippen LogP contribution in [0.3, 0.4) is 0 Å². The third kappa shape index (κ3) is 4.66. The Hall–Kier alpha value is -1.07. The predicted octanol–water partition coefficient (Wildman–Crippen LogP) is 3.08. The summed E-state index contributed by atoms with van der Waals surface area (Å²) in [6, 6.07) is 7.28. The van der Waals surface area contributed by atoms with E-state index in [0.29, 0.717) is 13.1 Å². The molecule has 0 aliphatic heterocycles. The maximum atomic E-state index is 12.0.